The number of thiazole rings is 1. The normalized spacial score (nSPS) is 14.5. The van der Waals surface area contributed by atoms with Gasteiger partial charge in [-0.2, -0.15) is 0 Å². The van der Waals surface area contributed by atoms with Crippen molar-refractivity contribution in [3.63, 3.8) is 0 Å². The number of aromatic nitrogens is 1. The number of hydrogen-bond donors (Lipinski definition) is 1. The average Bonchev–Trinajstić information content (AvgIpc) is 3.34. The second kappa shape index (κ2) is 12.9. The first-order valence-electron chi connectivity index (χ1n) is 13.9. The van der Waals surface area contributed by atoms with Gasteiger partial charge in [0.1, 0.15) is 18.1 Å². The Morgan fingerprint density at radius 3 is 2.39 bits per heavy atom. The third-order valence-corrected chi connectivity index (χ3v) is 8.82. The molecule has 2 heterocycles. The monoisotopic (exact) mass is 665 g/mol. The average molecular weight is 667 g/mol. The highest BCUT2D eigenvalue weighted by Gasteiger charge is 2.32. The number of para-hydroxylation sites is 1. The van der Waals surface area contributed by atoms with E-state index in [9.17, 15) is 9.59 Å². The van der Waals surface area contributed by atoms with Gasteiger partial charge in [0, 0.05) is 5.69 Å². The fraction of sp³-hybridized carbons (Fsp3) is 0.114. The summed E-state index contributed by atoms with van der Waals surface area (Å²) in [5.41, 5.74) is 4.05. The summed E-state index contributed by atoms with van der Waals surface area (Å²) in [5.74, 6) is 1.07. The Morgan fingerprint density at radius 2 is 1.70 bits per heavy atom. The van der Waals surface area contributed by atoms with Crippen LogP contribution in [-0.2, 0) is 11.4 Å². The number of nitrogens with one attached hydrogen (secondary N) is 1. The molecule has 0 radical (unpaired) electrons. The van der Waals surface area contributed by atoms with E-state index < -0.39 is 6.04 Å². The van der Waals surface area contributed by atoms with Crippen molar-refractivity contribution in [3.8, 4) is 11.5 Å². The molecule has 0 bridgehead atoms. The van der Waals surface area contributed by atoms with Crippen LogP contribution in [0.4, 0.5) is 5.69 Å². The van der Waals surface area contributed by atoms with Crippen molar-refractivity contribution >= 4 is 44.9 Å². The van der Waals surface area contributed by atoms with E-state index in [1.807, 2.05) is 109 Å². The maximum absolute atomic E-state index is 14.0. The predicted octanol–water partition coefficient (Wildman–Crippen LogP) is 6.22. The van der Waals surface area contributed by atoms with Crippen LogP contribution in [0.2, 0.25) is 0 Å². The summed E-state index contributed by atoms with van der Waals surface area (Å²) in [7, 11) is 1.60. The number of rotatable bonds is 8. The lowest BCUT2D eigenvalue weighted by Gasteiger charge is -2.25. The highest BCUT2D eigenvalue weighted by molar-refractivity contribution is 9.10. The summed E-state index contributed by atoms with van der Waals surface area (Å²) in [4.78, 5) is 33.0. The van der Waals surface area contributed by atoms with Gasteiger partial charge >= 0.3 is 0 Å². The van der Waals surface area contributed by atoms with Crippen LogP contribution in [0.3, 0.4) is 0 Å². The summed E-state index contributed by atoms with van der Waals surface area (Å²) in [6.07, 6.45) is 1.84. The van der Waals surface area contributed by atoms with E-state index in [4.69, 9.17) is 14.5 Å². The van der Waals surface area contributed by atoms with Crippen molar-refractivity contribution in [2.45, 2.75) is 19.6 Å². The molecule has 5 aromatic rings. The maximum Gasteiger partial charge on any atom is 0.271 e. The lowest BCUT2D eigenvalue weighted by molar-refractivity contribution is -0.113. The van der Waals surface area contributed by atoms with Gasteiger partial charge in [0.05, 0.1) is 33.4 Å². The van der Waals surface area contributed by atoms with Gasteiger partial charge in [0.25, 0.3) is 11.5 Å². The van der Waals surface area contributed by atoms with Crippen molar-refractivity contribution < 1.29 is 14.3 Å². The standard InChI is InChI=1S/C35H28BrN3O4S/c1-22-31(33(40)38-26-11-7-4-8-12-26)32(25-14-16-27(42-2)17-15-25)39-34(41)30(44-35(39)37-22)20-24-13-18-29(28(36)19-24)43-21-23-9-5-3-6-10-23/h3-20,32H,21H2,1-2H3,(H,38,40)/b30-20+/t32-/m1/s1. The van der Waals surface area contributed by atoms with Gasteiger partial charge < -0.3 is 14.8 Å². The first-order valence-corrected chi connectivity index (χ1v) is 15.5. The van der Waals surface area contributed by atoms with Crippen LogP contribution in [0, 0.1) is 0 Å². The van der Waals surface area contributed by atoms with Crippen molar-refractivity contribution in [2.24, 2.45) is 4.99 Å². The minimum absolute atomic E-state index is 0.229. The Bertz CT molecular complexity index is 2040. The third-order valence-electron chi connectivity index (χ3n) is 7.22. The summed E-state index contributed by atoms with van der Waals surface area (Å²) in [5, 5.41) is 2.98. The van der Waals surface area contributed by atoms with E-state index in [0.29, 0.717) is 44.4 Å². The van der Waals surface area contributed by atoms with E-state index in [1.165, 1.54) is 11.3 Å². The van der Waals surface area contributed by atoms with Crippen LogP contribution in [0.25, 0.3) is 6.08 Å². The highest BCUT2D eigenvalue weighted by Crippen LogP contribution is 2.32. The van der Waals surface area contributed by atoms with Crippen LogP contribution in [-0.4, -0.2) is 17.6 Å². The van der Waals surface area contributed by atoms with Crippen molar-refractivity contribution in [2.75, 3.05) is 12.4 Å². The molecule has 0 spiro atoms. The van der Waals surface area contributed by atoms with Crippen molar-refractivity contribution in [1.29, 1.82) is 0 Å². The van der Waals surface area contributed by atoms with Gasteiger partial charge in [0.15, 0.2) is 4.80 Å². The number of carbonyl (C=O) groups is 1. The highest BCUT2D eigenvalue weighted by atomic mass is 79.9. The number of methoxy groups -OCH3 is 1. The Hall–Kier alpha value is -4.73. The molecule has 0 aliphatic carbocycles. The SMILES string of the molecule is COc1ccc([C@@H]2C(C(=O)Nc3ccccc3)=C(C)N=c3s/c(=C/c4ccc(OCc5ccccc5)c(Br)c4)c(=O)n32)cc1. The van der Waals surface area contributed by atoms with Gasteiger partial charge in [-0.25, -0.2) is 4.99 Å². The van der Waals surface area contributed by atoms with Gasteiger partial charge in [-0.05, 0) is 82.0 Å². The molecule has 4 aromatic carbocycles. The molecule has 1 N–H and O–H groups in total. The summed E-state index contributed by atoms with van der Waals surface area (Å²) >= 11 is 4.91. The van der Waals surface area contributed by atoms with E-state index in [0.717, 1.165) is 21.2 Å². The molecule has 0 saturated carbocycles. The molecule has 1 aliphatic rings. The smallest absolute Gasteiger partial charge is 0.271 e. The lowest BCUT2D eigenvalue weighted by Crippen LogP contribution is -2.40. The molecule has 1 atom stereocenters. The number of nitrogens with zero attached hydrogens (tertiary/aromatic N) is 2. The largest absolute Gasteiger partial charge is 0.497 e. The third kappa shape index (κ3) is 6.15. The predicted molar refractivity (Wildman–Crippen MR) is 177 cm³/mol. The second-order valence-electron chi connectivity index (χ2n) is 10.1. The quantitative estimate of drug-likeness (QED) is 0.213. The first-order chi connectivity index (χ1) is 21.4. The number of amides is 1. The van der Waals surface area contributed by atoms with Crippen molar-refractivity contribution in [3.05, 3.63) is 155 Å². The topological polar surface area (TPSA) is 81.9 Å². The van der Waals surface area contributed by atoms with Gasteiger partial charge in [-0.1, -0.05) is 78.1 Å². The molecule has 0 saturated heterocycles. The summed E-state index contributed by atoms with van der Waals surface area (Å²) in [6.45, 7) is 2.25. The van der Waals surface area contributed by atoms with Crippen molar-refractivity contribution in [1.82, 2.24) is 4.57 Å². The number of anilines is 1. The van der Waals surface area contributed by atoms with E-state index in [2.05, 4.69) is 21.2 Å². The van der Waals surface area contributed by atoms with Crippen LogP contribution in [0.15, 0.2) is 129 Å². The van der Waals surface area contributed by atoms with Gasteiger partial charge in [-0.3, -0.25) is 14.2 Å². The number of benzene rings is 4. The number of fused-ring (bicyclic) bond motifs is 1. The number of carbonyl (C=O) groups excluding carboxylic acids is 1. The number of halogens is 1. The zero-order valence-corrected chi connectivity index (χ0v) is 26.4. The molecule has 9 heteroatoms. The zero-order chi connectivity index (χ0) is 30.6. The molecule has 1 aliphatic heterocycles. The molecule has 1 amide bonds. The van der Waals surface area contributed by atoms with Crippen LogP contribution in [0.1, 0.15) is 29.7 Å². The molecule has 6 rings (SSSR count). The number of hydrogen-bond acceptors (Lipinski definition) is 6. The molecule has 0 fully saturated rings. The first kappa shape index (κ1) is 29.3. The fourth-order valence-corrected chi connectivity index (χ4v) is 6.60. The lowest BCUT2D eigenvalue weighted by atomic mass is 9.95. The Kier molecular flexibility index (Phi) is 8.58. The molecule has 44 heavy (non-hydrogen) atoms. The van der Waals surface area contributed by atoms with Gasteiger partial charge in [0.2, 0.25) is 0 Å². The maximum atomic E-state index is 14.0. The molecule has 0 unspecified atom stereocenters. The van der Waals surface area contributed by atoms with E-state index in [-0.39, 0.29) is 11.5 Å². The molecule has 220 valence electrons. The zero-order valence-electron chi connectivity index (χ0n) is 24.0. The summed E-state index contributed by atoms with van der Waals surface area (Å²) in [6, 6.07) is 31.6. The minimum Gasteiger partial charge on any atom is -0.497 e. The Balaban J connectivity index is 1.38. The second-order valence-corrected chi connectivity index (χ2v) is 12.0. The van der Waals surface area contributed by atoms with E-state index >= 15 is 0 Å². The fourth-order valence-electron chi connectivity index (χ4n) is 5.04. The van der Waals surface area contributed by atoms with Crippen LogP contribution < -0.4 is 29.7 Å². The van der Waals surface area contributed by atoms with Gasteiger partial charge in [-0.15, -0.1) is 0 Å². The van der Waals surface area contributed by atoms with Crippen LogP contribution >= 0.6 is 27.3 Å². The van der Waals surface area contributed by atoms with E-state index in [1.54, 1.807) is 18.6 Å². The minimum atomic E-state index is -0.677. The molecular weight excluding hydrogens is 638 g/mol. The Morgan fingerprint density at radius 1 is 1.00 bits per heavy atom. The Labute approximate surface area is 266 Å². The van der Waals surface area contributed by atoms with Crippen LogP contribution in [0.5, 0.6) is 11.5 Å². The summed E-state index contributed by atoms with van der Waals surface area (Å²) < 4.78 is 14.2. The number of ether oxygens (including phenoxy) is 2. The molecule has 7 nitrogen and oxygen atoms in total. The molecule has 1 aromatic heterocycles. The number of allylic oxidation sites excluding steroid dienone is 1. The molecular formula is C35H28BrN3O4S.